The van der Waals surface area contributed by atoms with Crippen LogP contribution >= 0.6 is 15.9 Å². The number of benzene rings is 2. The van der Waals surface area contributed by atoms with E-state index in [9.17, 15) is 9.59 Å². The van der Waals surface area contributed by atoms with Crippen LogP contribution in [0.1, 0.15) is 69.9 Å². The summed E-state index contributed by atoms with van der Waals surface area (Å²) in [6.07, 6.45) is 1.29. The normalized spacial score (nSPS) is 19.3. The summed E-state index contributed by atoms with van der Waals surface area (Å²) in [7, 11) is 4.77. The first-order valence-corrected chi connectivity index (χ1v) is 14.6. The van der Waals surface area contributed by atoms with Crippen molar-refractivity contribution in [1.29, 1.82) is 0 Å². The third kappa shape index (κ3) is 6.10. The molecule has 0 unspecified atom stereocenters. The zero-order chi connectivity index (χ0) is 29.8. The Morgan fingerprint density at radius 1 is 1.00 bits per heavy atom. The molecule has 41 heavy (non-hydrogen) atoms. The summed E-state index contributed by atoms with van der Waals surface area (Å²) in [5.41, 5.74) is 4.17. The smallest absolute Gasteiger partial charge is 0.337 e. The van der Waals surface area contributed by atoms with Crippen LogP contribution in [0.4, 0.5) is 0 Å². The Hall–Kier alpha value is -3.46. The molecule has 0 bridgehead atoms. The molecule has 0 radical (unpaired) electrons. The SMILES string of the molecule is CCOc1cc([C@@H]2C(C(=O)O[C@@H](C)CC)=C(C)NC3=C2C(=O)C[C@@H](c2ccc(OC)c(OC)c2)C3)cc(Br)c1OC. The van der Waals surface area contributed by atoms with Crippen molar-refractivity contribution in [1.82, 2.24) is 5.32 Å². The number of hydrogen-bond acceptors (Lipinski definition) is 8. The number of halogens is 1. The summed E-state index contributed by atoms with van der Waals surface area (Å²) in [6.45, 7) is 8.00. The second-order valence-electron chi connectivity index (χ2n) is 10.2. The molecule has 0 aromatic heterocycles. The molecule has 0 saturated heterocycles. The number of dihydropyridines is 1. The molecule has 0 fully saturated rings. The molecule has 2 aliphatic rings. The fourth-order valence-corrected chi connectivity index (χ4v) is 6.15. The molecule has 2 aromatic carbocycles. The van der Waals surface area contributed by atoms with Crippen molar-refractivity contribution < 1.29 is 33.3 Å². The van der Waals surface area contributed by atoms with Crippen LogP contribution in [0.3, 0.4) is 0 Å². The van der Waals surface area contributed by atoms with Gasteiger partial charge in [-0.25, -0.2) is 4.79 Å². The van der Waals surface area contributed by atoms with E-state index in [2.05, 4.69) is 21.2 Å². The largest absolute Gasteiger partial charge is 0.493 e. The lowest BCUT2D eigenvalue weighted by atomic mass is 9.71. The monoisotopic (exact) mass is 627 g/mol. The van der Waals surface area contributed by atoms with E-state index in [4.69, 9.17) is 23.7 Å². The first kappa shape index (κ1) is 30.5. The van der Waals surface area contributed by atoms with Crippen molar-refractivity contribution in [3.05, 3.63) is 68.5 Å². The van der Waals surface area contributed by atoms with Gasteiger partial charge >= 0.3 is 5.97 Å². The van der Waals surface area contributed by atoms with Gasteiger partial charge in [0.15, 0.2) is 28.8 Å². The van der Waals surface area contributed by atoms with Crippen LogP contribution in [0.2, 0.25) is 0 Å². The van der Waals surface area contributed by atoms with E-state index in [0.29, 0.717) is 63.8 Å². The van der Waals surface area contributed by atoms with Gasteiger partial charge in [0.2, 0.25) is 0 Å². The standard InChI is InChI=1S/C32H38BrNO7/c1-8-17(3)41-32(36)28-18(4)34-23-13-20(19-10-11-25(37-5)26(15-19)38-6)14-24(35)30(23)29(28)21-12-22(33)31(39-7)27(16-21)40-9-2/h10-12,15-17,20,29,34H,8-9,13-14H2,1-7H3/t17-,20-,29+/m0/s1. The minimum Gasteiger partial charge on any atom is -0.493 e. The highest BCUT2D eigenvalue weighted by Crippen LogP contribution is 2.49. The van der Waals surface area contributed by atoms with Gasteiger partial charge in [-0.3, -0.25) is 4.79 Å². The summed E-state index contributed by atoms with van der Waals surface area (Å²) in [4.78, 5) is 27.7. The Balaban J connectivity index is 1.84. The van der Waals surface area contributed by atoms with E-state index in [1.54, 1.807) is 21.3 Å². The summed E-state index contributed by atoms with van der Waals surface area (Å²) >= 11 is 3.61. The van der Waals surface area contributed by atoms with Gasteiger partial charge in [-0.05, 0) is 90.9 Å². The molecule has 9 heteroatoms. The highest BCUT2D eigenvalue weighted by Gasteiger charge is 2.42. The Morgan fingerprint density at radius 3 is 2.34 bits per heavy atom. The molecule has 8 nitrogen and oxygen atoms in total. The van der Waals surface area contributed by atoms with E-state index < -0.39 is 11.9 Å². The zero-order valence-corrected chi connectivity index (χ0v) is 26.3. The summed E-state index contributed by atoms with van der Waals surface area (Å²) < 4.78 is 28.9. The molecular weight excluding hydrogens is 590 g/mol. The van der Waals surface area contributed by atoms with E-state index in [-0.39, 0.29) is 24.2 Å². The molecular formula is C32H38BrNO7. The minimum atomic E-state index is -0.636. The maximum Gasteiger partial charge on any atom is 0.337 e. The zero-order valence-electron chi connectivity index (χ0n) is 24.7. The summed E-state index contributed by atoms with van der Waals surface area (Å²) in [6, 6.07) is 9.50. The lowest BCUT2D eigenvalue weighted by Gasteiger charge is -2.37. The second-order valence-corrected chi connectivity index (χ2v) is 11.1. The molecule has 1 N–H and O–H groups in total. The molecule has 2 aromatic rings. The van der Waals surface area contributed by atoms with Crippen molar-refractivity contribution >= 4 is 27.7 Å². The molecule has 220 valence electrons. The molecule has 1 heterocycles. The Morgan fingerprint density at radius 2 is 1.71 bits per heavy atom. The maximum atomic E-state index is 14.0. The number of rotatable bonds is 10. The van der Waals surface area contributed by atoms with Gasteiger partial charge in [0.1, 0.15) is 0 Å². The van der Waals surface area contributed by atoms with Crippen LogP contribution in [-0.4, -0.2) is 45.8 Å². The van der Waals surface area contributed by atoms with Crippen molar-refractivity contribution in [2.45, 2.75) is 64.9 Å². The number of nitrogens with one attached hydrogen (secondary N) is 1. The number of hydrogen-bond donors (Lipinski definition) is 1. The lowest BCUT2D eigenvalue weighted by Crippen LogP contribution is -2.36. The van der Waals surface area contributed by atoms with Gasteiger partial charge in [0.05, 0.1) is 44.1 Å². The molecule has 0 spiro atoms. The molecule has 3 atom stereocenters. The van der Waals surface area contributed by atoms with Gasteiger partial charge in [-0.2, -0.15) is 0 Å². The van der Waals surface area contributed by atoms with E-state index in [0.717, 1.165) is 16.8 Å². The molecule has 4 rings (SSSR count). The molecule has 0 amide bonds. The first-order chi connectivity index (χ1) is 19.7. The average Bonchev–Trinajstić information content (AvgIpc) is 2.95. The number of carbonyl (C=O) groups is 2. The van der Waals surface area contributed by atoms with Gasteiger partial charge in [-0.15, -0.1) is 0 Å². The number of ketones is 1. The number of carbonyl (C=O) groups excluding carboxylic acids is 2. The topological polar surface area (TPSA) is 92.3 Å². The predicted octanol–water partition coefficient (Wildman–Crippen LogP) is 6.58. The Bertz CT molecular complexity index is 1400. The Labute approximate surface area is 250 Å². The second kappa shape index (κ2) is 13.0. The average molecular weight is 629 g/mol. The fraction of sp³-hybridized carbons (Fsp3) is 0.438. The van der Waals surface area contributed by atoms with Gasteiger partial charge in [0, 0.05) is 29.3 Å². The van der Waals surface area contributed by atoms with E-state index in [1.165, 1.54) is 0 Å². The predicted molar refractivity (Wildman–Crippen MR) is 160 cm³/mol. The van der Waals surface area contributed by atoms with Crippen LogP contribution < -0.4 is 24.3 Å². The molecule has 1 aliphatic heterocycles. The number of ether oxygens (including phenoxy) is 5. The first-order valence-electron chi connectivity index (χ1n) is 13.8. The number of Topliss-reactive ketones (excluding diaryl/α,β-unsaturated/α-hetero) is 1. The van der Waals surface area contributed by atoms with Crippen molar-refractivity contribution in [2.24, 2.45) is 0 Å². The summed E-state index contributed by atoms with van der Waals surface area (Å²) in [5.74, 6) is 1.14. The van der Waals surface area contributed by atoms with Crippen LogP contribution in [-0.2, 0) is 14.3 Å². The third-order valence-electron chi connectivity index (χ3n) is 7.68. The van der Waals surface area contributed by atoms with Crippen LogP contribution in [0.5, 0.6) is 23.0 Å². The van der Waals surface area contributed by atoms with Gasteiger partial charge < -0.3 is 29.0 Å². The quantitative estimate of drug-likeness (QED) is 0.295. The number of allylic oxidation sites excluding steroid dienone is 3. The minimum absolute atomic E-state index is 0.0326. The van der Waals surface area contributed by atoms with Crippen LogP contribution in [0.15, 0.2) is 57.3 Å². The lowest BCUT2D eigenvalue weighted by molar-refractivity contribution is -0.144. The number of esters is 1. The number of methoxy groups -OCH3 is 3. The highest BCUT2D eigenvalue weighted by atomic mass is 79.9. The van der Waals surface area contributed by atoms with Crippen LogP contribution in [0.25, 0.3) is 0 Å². The highest BCUT2D eigenvalue weighted by molar-refractivity contribution is 9.10. The van der Waals surface area contributed by atoms with Crippen molar-refractivity contribution in [2.75, 3.05) is 27.9 Å². The third-order valence-corrected chi connectivity index (χ3v) is 8.27. The van der Waals surface area contributed by atoms with E-state index >= 15 is 0 Å². The maximum absolute atomic E-state index is 14.0. The Kier molecular flexibility index (Phi) is 9.68. The van der Waals surface area contributed by atoms with Crippen LogP contribution in [0, 0.1) is 0 Å². The van der Waals surface area contributed by atoms with Crippen molar-refractivity contribution in [3.63, 3.8) is 0 Å². The van der Waals surface area contributed by atoms with Gasteiger partial charge in [0.25, 0.3) is 0 Å². The van der Waals surface area contributed by atoms with Gasteiger partial charge in [-0.1, -0.05) is 13.0 Å². The fourth-order valence-electron chi connectivity index (χ4n) is 5.53. The molecule has 1 aliphatic carbocycles. The summed E-state index contributed by atoms with van der Waals surface area (Å²) in [5, 5.41) is 3.41. The van der Waals surface area contributed by atoms with E-state index in [1.807, 2.05) is 58.0 Å². The van der Waals surface area contributed by atoms with Crippen molar-refractivity contribution in [3.8, 4) is 23.0 Å². The molecule has 0 saturated carbocycles.